The number of hydrogen-bond donors (Lipinski definition) is 0. The number of hydrogen-bond acceptors (Lipinski definition) is 1. The SMILES string of the molecule is C.CCCCC(=O)Cl. The Balaban J connectivity index is 0. The van der Waals surface area contributed by atoms with E-state index in [1.807, 2.05) is 6.92 Å². The van der Waals surface area contributed by atoms with Crippen LogP contribution in [0.3, 0.4) is 0 Å². The van der Waals surface area contributed by atoms with Crippen LogP contribution in [0, 0.1) is 0 Å². The van der Waals surface area contributed by atoms with Crippen LogP contribution in [0.5, 0.6) is 0 Å². The number of halogens is 1. The maximum atomic E-state index is 9.97. The van der Waals surface area contributed by atoms with Crippen LogP contribution in [0.25, 0.3) is 0 Å². The lowest BCUT2D eigenvalue weighted by molar-refractivity contribution is -0.111. The lowest BCUT2D eigenvalue weighted by Crippen LogP contribution is -1.82. The van der Waals surface area contributed by atoms with E-state index in [0.29, 0.717) is 6.42 Å². The van der Waals surface area contributed by atoms with Gasteiger partial charge < -0.3 is 0 Å². The number of carbonyl (C=O) groups excluding carboxylic acids is 1. The molecular formula is C6H13ClO. The lowest BCUT2D eigenvalue weighted by Gasteiger charge is -1.84. The fraction of sp³-hybridized carbons (Fsp3) is 0.833. The third kappa shape index (κ3) is 9.35. The molecule has 0 rings (SSSR count). The molecule has 0 heterocycles. The summed E-state index contributed by atoms with van der Waals surface area (Å²) in [6.45, 7) is 2.03. The van der Waals surface area contributed by atoms with Gasteiger partial charge in [0, 0.05) is 6.42 Å². The van der Waals surface area contributed by atoms with Crippen LogP contribution in [-0.4, -0.2) is 5.24 Å². The van der Waals surface area contributed by atoms with Crippen LogP contribution in [0.2, 0.25) is 0 Å². The minimum Gasteiger partial charge on any atom is -0.281 e. The molecule has 0 spiro atoms. The molecule has 0 atom stereocenters. The van der Waals surface area contributed by atoms with Crippen molar-refractivity contribution in [3.05, 3.63) is 0 Å². The van der Waals surface area contributed by atoms with Crippen LogP contribution < -0.4 is 0 Å². The molecule has 0 N–H and O–H groups in total. The molecule has 0 aromatic heterocycles. The fourth-order valence-corrected chi connectivity index (χ4v) is 0.449. The highest BCUT2D eigenvalue weighted by molar-refractivity contribution is 6.63. The zero-order valence-corrected chi connectivity index (χ0v) is 5.16. The van der Waals surface area contributed by atoms with E-state index in [4.69, 9.17) is 11.6 Å². The zero-order chi connectivity index (χ0) is 5.70. The molecule has 0 aliphatic carbocycles. The van der Waals surface area contributed by atoms with Gasteiger partial charge in [-0.15, -0.1) is 0 Å². The summed E-state index contributed by atoms with van der Waals surface area (Å²) in [6.07, 6.45) is 2.48. The van der Waals surface area contributed by atoms with Gasteiger partial charge in [-0.1, -0.05) is 20.8 Å². The van der Waals surface area contributed by atoms with Gasteiger partial charge in [0.05, 0.1) is 0 Å². The standard InChI is InChI=1S/C5H9ClO.CH4/c1-2-3-4-5(6)7;/h2-4H2,1H3;1H4. The first-order chi connectivity index (χ1) is 3.27. The summed E-state index contributed by atoms with van der Waals surface area (Å²) in [5.74, 6) is 0. The number of unbranched alkanes of at least 4 members (excludes halogenated alkanes) is 1. The first kappa shape index (κ1) is 10.9. The molecule has 0 amide bonds. The van der Waals surface area contributed by atoms with Crippen molar-refractivity contribution >= 4 is 16.8 Å². The monoisotopic (exact) mass is 136 g/mol. The minimum absolute atomic E-state index is 0. The van der Waals surface area contributed by atoms with E-state index in [0.717, 1.165) is 12.8 Å². The molecule has 0 saturated heterocycles. The molecule has 1 nitrogen and oxygen atoms in total. The average Bonchev–Trinajstić information content (AvgIpc) is 1.61. The molecule has 0 bridgehead atoms. The second-order valence-corrected chi connectivity index (χ2v) is 1.88. The molecule has 8 heavy (non-hydrogen) atoms. The predicted octanol–water partition coefficient (Wildman–Crippen LogP) is 2.58. The predicted molar refractivity (Wildman–Crippen MR) is 37.1 cm³/mol. The highest BCUT2D eigenvalue weighted by Crippen LogP contribution is 1.96. The van der Waals surface area contributed by atoms with Gasteiger partial charge in [-0.05, 0) is 18.0 Å². The third-order valence-corrected chi connectivity index (χ3v) is 0.916. The highest BCUT2D eigenvalue weighted by Gasteiger charge is 1.90. The maximum absolute atomic E-state index is 9.97. The molecule has 0 fully saturated rings. The van der Waals surface area contributed by atoms with Crippen molar-refractivity contribution in [1.82, 2.24) is 0 Å². The summed E-state index contributed by atoms with van der Waals surface area (Å²) < 4.78 is 0. The second kappa shape index (κ2) is 6.96. The van der Waals surface area contributed by atoms with Crippen molar-refractivity contribution in [2.24, 2.45) is 0 Å². The molecule has 0 aliphatic heterocycles. The van der Waals surface area contributed by atoms with Crippen molar-refractivity contribution in [1.29, 1.82) is 0 Å². The molecule has 0 unspecified atom stereocenters. The minimum atomic E-state index is -0.221. The Morgan fingerprint density at radius 3 is 2.25 bits per heavy atom. The van der Waals surface area contributed by atoms with Crippen molar-refractivity contribution in [3.63, 3.8) is 0 Å². The molecule has 2 heteroatoms. The van der Waals surface area contributed by atoms with Gasteiger partial charge in [-0.25, -0.2) is 0 Å². The van der Waals surface area contributed by atoms with E-state index in [1.165, 1.54) is 0 Å². The summed E-state index contributed by atoms with van der Waals surface area (Å²) in [6, 6.07) is 0. The topological polar surface area (TPSA) is 17.1 Å². The van der Waals surface area contributed by atoms with Crippen LogP contribution >= 0.6 is 11.6 Å². The van der Waals surface area contributed by atoms with E-state index in [2.05, 4.69) is 0 Å². The molecule has 0 aliphatic rings. The van der Waals surface area contributed by atoms with Gasteiger partial charge in [0.2, 0.25) is 5.24 Å². The Morgan fingerprint density at radius 1 is 1.62 bits per heavy atom. The molecule has 0 aromatic carbocycles. The second-order valence-electron chi connectivity index (χ2n) is 1.46. The lowest BCUT2D eigenvalue weighted by atomic mass is 10.3. The van der Waals surface area contributed by atoms with Gasteiger partial charge in [-0.3, -0.25) is 4.79 Å². The third-order valence-electron chi connectivity index (χ3n) is 0.727. The molecule has 0 aromatic rings. The highest BCUT2D eigenvalue weighted by atomic mass is 35.5. The molecular weight excluding hydrogens is 124 g/mol. The van der Waals surface area contributed by atoms with E-state index in [1.54, 1.807) is 0 Å². The Bertz CT molecular complexity index is 61.5. The zero-order valence-electron chi connectivity index (χ0n) is 4.41. The van der Waals surface area contributed by atoms with Crippen LogP contribution in [0.15, 0.2) is 0 Å². The maximum Gasteiger partial charge on any atom is 0.221 e. The van der Waals surface area contributed by atoms with Crippen LogP contribution in [0.4, 0.5) is 0 Å². The number of carbonyl (C=O) groups is 1. The van der Waals surface area contributed by atoms with Gasteiger partial charge in [0.15, 0.2) is 0 Å². The molecule has 50 valence electrons. The van der Waals surface area contributed by atoms with E-state index >= 15 is 0 Å². The summed E-state index contributed by atoms with van der Waals surface area (Å²) in [5.41, 5.74) is 0. The summed E-state index contributed by atoms with van der Waals surface area (Å²) >= 11 is 5.02. The van der Waals surface area contributed by atoms with Gasteiger partial charge >= 0.3 is 0 Å². The summed E-state index contributed by atoms with van der Waals surface area (Å²) in [7, 11) is 0. The first-order valence-electron chi connectivity index (χ1n) is 2.45. The van der Waals surface area contributed by atoms with Crippen LogP contribution in [0.1, 0.15) is 33.6 Å². The van der Waals surface area contributed by atoms with E-state index in [-0.39, 0.29) is 12.7 Å². The Labute approximate surface area is 56.0 Å². The summed E-state index contributed by atoms with van der Waals surface area (Å²) in [5, 5.41) is -0.221. The van der Waals surface area contributed by atoms with Gasteiger partial charge in [0.1, 0.15) is 0 Å². The van der Waals surface area contributed by atoms with Crippen molar-refractivity contribution in [3.8, 4) is 0 Å². The van der Waals surface area contributed by atoms with E-state index in [9.17, 15) is 4.79 Å². The van der Waals surface area contributed by atoms with Crippen LogP contribution in [-0.2, 0) is 4.79 Å². The first-order valence-corrected chi connectivity index (χ1v) is 2.83. The summed E-state index contributed by atoms with van der Waals surface area (Å²) in [4.78, 5) is 9.97. The fourth-order valence-electron chi connectivity index (χ4n) is 0.316. The van der Waals surface area contributed by atoms with Crippen molar-refractivity contribution < 1.29 is 4.79 Å². The smallest absolute Gasteiger partial charge is 0.221 e. The molecule has 0 saturated carbocycles. The van der Waals surface area contributed by atoms with Gasteiger partial charge in [-0.2, -0.15) is 0 Å². The quantitative estimate of drug-likeness (QED) is 0.545. The van der Waals surface area contributed by atoms with Crippen molar-refractivity contribution in [2.75, 3.05) is 0 Å². The molecule has 0 radical (unpaired) electrons. The Hall–Kier alpha value is -0.0400. The van der Waals surface area contributed by atoms with E-state index < -0.39 is 0 Å². The average molecular weight is 137 g/mol. The Morgan fingerprint density at radius 2 is 2.12 bits per heavy atom. The number of rotatable bonds is 3. The Kier molecular flexibility index (Phi) is 9.44. The van der Waals surface area contributed by atoms with Crippen molar-refractivity contribution in [2.45, 2.75) is 33.6 Å². The largest absolute Gasteiger partial charge is 0.281 e. The van der Waals surface area contributed by atoms with Gasteiger partial charge in [0.25, 0.3) is 0 Å². The normalized spacial score (nSPS) is 7.75.